The summed E-state index contributed by atoms with van der Waals surface area (Å²) in [4.78, 5) is 24.2. The molecule has 2 aromatic heterocycles. The molecule has 1 atom stereocenters. The van der Waals surface area contributed by atoms with Crippen molar-refractivity contribution >= 4 is 11.6 Å². The second kappa shape index (κ2) is 10.6. The van der Waals surface area contributed by atoms with Gasteiger partial charge in [-0.3, -0.25) is 9.69 Å². The van der Waals surface area contributed by atoms with Crippen LogP contribution in [0, 0.1) is 0 Å². The Morgan fingerprint density at radius 3 is 2.57 bits per heavy atom. The maximum atomic E-state index is 15.6. The summed E-state index contributed by atoms with van der Waals surface area (Å²) in [5, 5.41) is 10.6. The smallest absolute Gasteiger partial charge is 0.274 e. The van der Waals surface area contributed by atoms with Gasteiger partial charge in [0.1, 0.15) is 35.0 Å². The van der Waals surface area contributed by atoms with E-state index < -0.39 is 11.3 Å². The number of aromatic nitrogens is 5. The van der Waals surface area contributed by atoms with Crippen LogP contribution in [0.4, 0.5) is 14.5 Å². The molecule has 1 amide bonds. The van der Waals surface area contributed by atoms with Gasteiger partial charge in [-0.2, -0.15) is 0 Å². The van der Waals surface area contributed by atoms with Crippen LogP contribution in [0.5, 0.6) is 0 Å². The third-order valence-electron chi connectivity index (χ3n) is 6.48. The van der Waals surface area contributed by atoms with Crippen LogP contribution in [0.15, 0.2) is 36.7 Å². The SMILES string of the molecule is CC.Cn1cnnc1C[C@@](C)(F)c1cccc(NC(=O)c2cc(CN3CC(C)(F)C3)nc(C3CC3)n2)c1. The van der Waals surface area contributed by atoms with E-state index in [1.54, 1.807) is 48.9 Å². The first-order valence-electron chi connectivity index (χ1n) is 12.8. The quantitative estimate of drug-likeness (QED) is 0.470. The summed E-state index contributed by atoms with van der Waals surface area (Å²) in [5.41, 5.74) is -1.02. The monoisotopic (exact) mass is 511 g/mol. The van der Waals surface area contributed by atoms with Crippen LogP contribution in [0.2, 0.25) is 0 Å². The molecule has 1 saturated carbocycles. The highest BCUT2D eigenvalue weighted by molar-refractivity contribution is 6.03. The summed E-state index contributed by atoms with van der Waals surface area (Å²) in [5.74, 6) is 1.06. The maximum Gasteiger partial charge on any atom is 0.274 e. The molecule has 0 unspecified atom stereocenters. The molecule has 1 aromatic carbocycles. The topological polar surface area (TPSA) is 88.8 Å². The lowest BCUT2D eigenvalue weighted by Gasteiger charge is -2.42. The fraction of sp³-hybridized carbons (Fsp3) is 0.519. The molecule has 1 saturated heterocycles. The minimum Gasteiger partial charge on any atom is -0.321 e. The molecule has 37 heavy (non-hydrogen) atoms. The van der Waals surface area contributed by atoms with Crippen molar-refractivity contribution in [3.63, 3.8) is 0 Å². The number of carbonyl (C=O) groups excluding carboxylic acids is 1. The Morgan fingerprint density at radius 2 is 1.95 bits per heavy atom. The summed E-state index contributed by atoms with van der Waals surface area (Å²) in [6, 6.07) is 8.39. The van der Waals surface area contributed by atoms with E-state index >= 15 is 4.39 Å². The van der Waals surface area contributed by atoms with Gasteiger partial charge in [0.2, 0.25) is 0 Å². The molecule has 5 rings (SSSR count). The molecule has 8 nitrogen and oxygen atoms in total. The van der Waals surface area contributed by atoms with Gasteiger partial charge in [-0.05, 0) is 50.5 Å². The zero-order chi connectivity index (χ0) is 26.8. The van der Waals surface area contributed by atoms with E-state index in [2.05, 4.69) is 25.5 Å². The second-order valence-corrected chi connectivity index (χ2v) is 10.2. The van der Waals surface area contributed by atoms with Gasteiger partial charge in [-0.25, -0.2) is 18.7 Å². The number of rotatable bonds is 8. The van der Waals surface area contributed by atoms with Gasteiger partial charge in [0.15, 0.2) is 0 Å². The highest BCUT2D eigenvalue weighted by Crippen LogP contribution is 2.38. The van der Waals surface area contributed by atoms with Crippen molar-refractivity contribution in [3.05, 3.63) is 65.3 Å². The van der Waals surface area contributed by atoms with E-state index in [0.717, 1.165) is 12.8 Å². The lowest BCUT2D eigenvalue weighted by atomic mass is 9.93. The Balaban J connectivity index is 0.00000156. The first-order chi connectivity index (χ1) is 17.6. The fourth-order valence-electron chi connectivity index (χ4n) is 4.45. The lowest BCUT2D eigenvalue weighted by molar-refractivity contribution is -0.0233. The molecule has 3 heterocycles. The van der Waals surface area contributed by atoms with E-state index in [1.165, 1.54) is 13.3 Å². The molecule has 1 aliphatic heterocycles. The van der Waals surface area contributed by atoms with Gasteiger partial charge in [0.25, 0.3) is 5.91 Å². The van der Waals surface area contributed by atoms with Crippen LogP contribution in [0.3, 0.4) is 0 Å². The molecule has 3 aromatic rings. The number of alkyl halides is 2. The average Bonchev–Trinajstić information content (AvgIpc) is 3.62. The van der Waals surface area contributed by atoms with Gasteiger partial charge in [0.05, 0.1) is 5.69 Å². The minimum atomic E-state index is -1.70. The first-order valence-corrected chi connectivity index (χ1v) is 12.8. The van der Waals surface area contributed by atoms with Crippen molar-refractivity contribution in [2.24, 2.45) is 7.05 Å². The van der Waals surface area contributed by atoms with E-state index in [-0.39, 0.29) is 23.9 Å². The van der Waals surface area contributed by atoms with E-state index in [9.17, 15) is 9.18 Å². The number of nitrogens with zero attached hydrogens (tertiary/aromatic N) is 6. The minimum absolute atomic E-state index is 0.0509. The van der Waals surface area contributed by atoms with Crippen LogP contribution < -0.4 is 5.32 Å². The van der Waals surface area contributed by atoms with E-state index in [0.29, 0.717) is 48.2 Å². The molecule has 0 spiro atoms. The van der Waals surface area contributed by atoms with Gasteiger partial charge < -0.3 is 9.88 Å². The molecule has 2 aliphatic rings. The van der Waals surface area contributed by atoms with Crippen molar-refractivity contribution < 1.29 is 13.6 Å². The zero-order valence-corrected chi connectivity index (χ0v) is 22.1. The third kappa shape index (κ3) is 6.54. The number of carbonyl (C=O) groups is 1. The van der Waals surface area contributed by atoms with Crippen molar-refractivity contribution in [1.29, 1.82) is 0 Å². The Morgan fingerprint density at radius 1 is 1.22 bits per heavy atom. The Labute approximate surface area is 216 Å². The molecule has 198 valence electrons. The zero-order valence-electron chi connectivity index (χ0n) is 22.1. The number of nitrogens with one attached hydrogen (secondary N) is 1. The second-order valence-electron chi connectivity index (χ2n) is 10.2. The molecule has 2 fully saturated rings. The van der Waals surface area contributed by atoms with Crippen molar-refractivity contribution in [1.82, 2.24) is 29.6 Å². The highest BCUT2D eigenvalue weighted by atomic mass is 19.1. The summed E-state index contributed by atoms with van der Waals surface area (Å²) in [7, 11) is 1.77. The summed E-state index contributed by atoms with van der Waals surface area (Å²) >= 11 is 0. The largest absolute Gasteiger partial charge is 0.321 e. The Bertz CT molecular complexity index is 1250. The van der Waals surface area contributed by atoms with Crippen molar-refractivity contribution in [3.8, 4) is 0 Å². The highest BCUT2D eigenvalue weighted by Gasteiger charge is 2.39. The lowest BCUT2D eigenvalue weighted by Crippen LogP contribution is -2.56. The van der Waals surface area contributed by atoms with Crippen LogP contribution in [-0.4, -0.2) is 54.3 Å². The predicted molar refractivity (Wildman–Crippen MR) is 138 cm³/mol. The van der Waals surface area contributed by atoms with Crippen molar-refractivity contribution in [2.45, 2.75) is 70.8 Å². The molecule has 0 bridgehead atoms. The van der Waals surface area contributed by atoms with Crippen LogP contribution >= 0.6 is 0 Å². The summed E-state index contributed by atoms with van der Waals surface area (Å²) < 4.78 is 31.2. The van der Waals surface area contributed by atoms with Gasteiger partial charge in [0, 0.05) is 44.7 Å². The van der Waals surface area contributed by atoms with E-state index in [4.69, 9.17) is 0 Å². The van der Waals surface area contributed by atoms with Gasteiger partial charge >= 0.3 is 0 Å². The normalized spacial score (nSPS) is 18.2. The van der Waals surface area contributed by atoms with E-state index in [1.807, 2.05) is 18.7 Å². The number of halogens is 2. The number of likely N-dealkylation sites (tertiary alicyclic amines) is 1. The number of aryl methyl sites for hydroxylation is 1. The van der Waals surface area contributed by atoms with Crippen LogP contribution in [0.1, 0.15) is 79.8 Å². The standard InChI is InChI=1S/C25H29F2N7O.C2H6/c1-24(26)13-34(14-24)12-19-10-20(31-22(29-19)16-7-8-16)23(35)30-18-6-4-5-17(9-18)25(2,27)11-21-32-28-15-33(21)3;1-2/h4-6,9-10,15-16H,7-8,11-14H2,1-3H3,(H,30,35);1-2H3/t25-;/m1./s1. The molecule has 1 N–H and O–H groups in total. The van der Waals surface area contributed by atoms with Crippen LogP contribution in [-0.2, 0) is 25.7 Å². The number of hydrogen-bond donors (Lipinski definition) is 1. The number of amides is 1. The Kier molecular flexibility index (Phi) is 7.68. The molecular formula is C27H35F2N7O. The Hall–Kier alpha value is -3.27. The maximum absolute atomic E-state index is 15.6. The number of benzene rings is 1. The van der Waals surface area contributed by atoms with Gasteiger partial charge in [-0.1, -0.05) is 26.0 Å². The van der Waals surface area contributed by atoms with Crippen molar-refractivity contribution in [2.75, 3.05) is 18.4 Å². The fourth-order valence-corrected chi connectivity index (χ4v) is 4.45. The molecule has 10 heteroatoms. The van der Waals surface area contributed by atoms with Gasteiger partial charge in [-0.15, -0.1) is 10.2 Å². The summed E-state index contributed by atoms with van der Waals surface area (Å²) in [6.45, 7) is 8.24. The third-order valence-corrected chi connectivity index (χ3v) is 6.48. The summed E-state index contributed by atoms with van der Waals surface area (Å²) in [6.07, 6.45) is 3.58. The molecular weight excluding hydrogens is 476 g/mol. The molecule has 1 aliphatic carbocycles. The van der Waals surface area contributed by atoms with Crippen LogP contribution in [0.25, 0.3) is 0 Å². The first kappa shape index (κ1) is 26.8. The number of hydrogen-bond acceptors (Lipinski definition) is 6. The number of anilines is 1. The molecule has 0 radical (unpaired) electrons. The predicted octanol–water partition coefficient (Wildman–Crippen LogP) is 4.73. The average molecular weight is 512 g/mol.